The van der Waals surface area contributed by atoms with Crippen LogP contribution in [0.5, 0.6) is 0 Å². The van der Waals surface area contributed by atoms with Gasteiger partial charge >= 0.3 is 0 Å². The van der Waals surface area contributed by atoms with Crippen molar-refractivity contribution in [3.05, 3.63) is 5.01 Å². The van der Waals surface area contributed by atoms with Crippen LogP contribution in [0.3, 0.4) is 0 Å². The molecule has 7 heteroatoms. The van der Waals surface area contributed by atoms with Gasteiger partial charge in [0.05, 0.1) is 12.1 Å². The highest BCUT2D eigenvalue weighted by atomic mass is 32.1. The SMILES string of the molecule is CN(Cc1nnc(NN)s1)CC(C)(C)O. The molecule has 0 aromatic carbocycles. The molecular formula is C8H17N5OS. The van der Waals surface area contributed by atoms with Crippen LogP contribution in [0.4, 0.5) is 5.13 Å². The average Bonchev–Trinajstić information content (AvgIpc) is 2.48. The Labute approximate surface area is 93.1 Å². The van der Waals surface area contributed by atoms with Gasteiger partial charge in [-0.1, -0.05) is 11.3 Å². The number of hydrogen-bond acceptors (Lipinski definition) is 7. The Kier molecular flexibility index (Phi) is 3.97. The second-order valence-electron chi connectivity index (χ2n) is 4.13. The van der Waals surface area contributed by atoms with Gasteiger partial charge in [0.2, 0.25) is 5.13 Å². The summed E-state index contributed by atoms with van der Waals surface area (Å²) in [5.41, 5.74) is 1.75. The molecule has 0 saturated heterocycles. The molecule has 0 unspecified atom stereocenters. The largest absolute Gasteiger partial charge is 0.389 e. The van der Waals surface area contributed by atoms with Crippen molar-refractivity contribution < 1.29 is 5.11 Å². The van der Waals surface area contributed by atoms with Gasteiger partial charge in [0.1, 0.15) is 5.01 Å². The molecule has 0 atom stereocenters. The fourth-order valence-electron chi connectivity index (χ4n) is 1.32. The van der Waals surface area contributed by atoms with Gasteiger partial charge in [0.25, 0.3) is 0 Å². The lowest BCUT2D eigenvalue weighted by Crippen LogP contribution is -2.35. The van der Waals surface area contributed by atoms with E-state index >= 15 is 0 Å². The Morgan fingerprint density at radius 2 is 2.20 bits per heavy atom. The molecule has 0 fully saturated rings. The fraction of sp³-hybridized carbons (Fsp3) is 0.750. The molecule has 0 aliphatic carbocycles. The third-order valence-electron chi connectivity index (χ3n) is 1.65. The van der Waals surface area contributed by atoms with Crippen molar-refractivity contribution in [2.75, 3.05) is 19.0 Å². The van der Waals surface area contributed by atoms with E-state index in [0.29, 0.717) is 18.2 Å². The van der Waals surface area contributed by atoms with Crippen molar-refractivity contribution in [3.8, 4) is 0 Å². The van der Waals surface area contributed by atoms with E-state index in [0.717, 1.165) is 5.01 Å². The number of aromatic nitrogens is 2. The summed E-state index contributed by atoms with van der Waals surface area (Å²) < 4.78 is 0. The van der Waals surface area contributed by atoms with Crippen molar-refractivity contribution in [2.24, 2.45) is 5.84 Å². The Balaban J connectivity index is 2.47. The van der Waals surface area contributed by atoms with E-state index in [2.05, 4.69) is 15.6 Å². The average molecular weight is 231 g/mol. The second kappa shape index (κ2) is 4.84. The number of aliphatic hydroxyl groups is 1. The minimum Gasteiger partial charge on any atom is -0.389 e. The number of anilines is 1. The van der Waals surface area contributed by atoms with Crippen molar-refractivity contribution in [1.82, 2.24) is 15.1 Å². The molecule has 0 spiro atoms. The number of likely N-dealkylation sites (N-methyl/N-ethyl adjacent to an activating group) is 1. The van der Waals surface area contributed by atoms with Gasteiger partial charge in [0.15, 0.2) is 0 Å². The summed E-state index contributed by atoms with van der Waals surface area (Å²) in [6, 6.07) is 0. The number of nitrogens with zero attached hydrogens (tertiary/aromatic N) is 3. The van der Waals surface area contributed by atoms with Gasteiger partial charge < -0.3 is 5.11 Å². The van der Waals surface area contributed by atoms with Gasteiger partial charge in [-0.05, 0) is 20.9 Å². The highest BCUT2D eigenvalue weighted by Crippen LogP contribution is 2.15. The van der Waals surface area contributed by atoms with E-state index < -0.39 is 5.60 Å². The summed E-state index contributed by atoms with van der Waals surface area (Å²) in [4.78, 5) is 1.99. The molecule has 4 N–H and O–H groups in total. The normalized spacial score (nSPS) is 12.1. The predicted molar refractivity (Wildman–Crippen MR) is 60.4 cm³/mol. The van der Waals surface area contributed by atoms with E-state index in [1.165, 1.54) is 11.3 Å². The molecule has 0 radical (unpaired) electrons. The second-order valence-corrected chi connectivity index (χ2v) is 5.19. The lowest BCUT2D eigenvalue weighted by atomic mass is 10.1. The van der Waals surface area contributed by atoms with Crippen LogP contribution >= 0.6 is 11.3 Å². The lowest BCUT2D eigenvalue weighted by Gasteiger charge is -2.24. The molecular weight excluding hydrogens is 214 g/mol. The summed E-state index contributed by atoms with van der Waals surface area (Å²) in [6.07, 6.45) is 0. The number of hydrazine groups is 1. The van der Waals surface area contributed by atoms with Crippen molar-refractivity contribution in [1.29, 1.82) is 0 Å². The molecule has 6 nitrogen and oxygen atoms in total. The monoisotopic (exact) mass is 231 g/mol. The maximum absolute atomic E-state index is 9.61. The first-order valence-electron chi connectivity index (χ1n) is 4.60. The topological polar surface area (TPSA) is 87.3 Å². The summed E-state index contributed by atoms with van der Waals surface area (Å²) >= 11 is 1.41. The van der Waals surface area contributed by atoms with Crippen LogP contribution in [0, 0.1) is 0 Å². The highest BCUT2D eigenvalue weighted by molar-refractivity contribution is 7.15. The molecule has 0 amide bonds. The molecule has 0 bridgehead atoms. The van der Waals surface area contributed by atoms with E-state index in [4.69, 9.17) is 5.84 Å². The van der Waals surface area contributed by atoms with Crippen LogP contribution in [0.25, 0.3) is 0 Å². The summed E-state index contributed by atoms with van der Waals surface area (Å²) in [5, 5.41) is 18.9. The van der Waals surface area contributed by atoms with Crippen LogP contribution in [0.1, 0.15) is 18.9 Å². The molecule has 0 aliphatic rings. The Bertz CT molecular complexity index is 308. The van der Waals surface area contributed by atoms with E-state index in [-0.39, 0.29) is 0 Å². The molecule has 15 heavy (non-hydrogen) atoms. The first-order valence-corrected chi connectivity index (χ1v) is 5.42. The van der Waals surface area contributed by atoms with Gasteiger partial charge in [-0.3, -0.25) is 10.3 Å². The highest BCUT2D eigenvalue weighted by Gasteiger charge is 2.16. The minimum atomic E-state index is -0.700. The maximum Gasteiger partial charge on any atom is 0.219 e. The van der Waals surface area contributed by atoms with Crippen LogP contribution in [-0.2, 0) is 6.54 Å². The molecule has 0 saturated carbocycles. The minimum absolute atomic E-state index is 0.581. The van der Waals surface area contributed by atoms with Gasteiger partial charge in [-0.2, -0.15) is 0 Å². The summed E-state index contributed by atoms with van der Waals surface area (Å²) in [6.45, 7) is 4.79. The van der Waals surface area contributed by atoms with Crippen LogP contribution in [0.2, 0.25) is 0 Å². The zero-order valence-corrected chi connectivity index (χ0v) is 10.0. The summed E-state index contributed by atoms with van der Waals surface area (Å²) in [5.74, 6) is 5.20. The van der Waals surface area contributed by atoms with E-state index in [1.54, 1.807) is 13.8 Å². The Morgan fingerprint density at radius 3 is 2.67 bits per heavy atom. The molecule has 1 aromatic rings. The smallest absolute Gasteiger partial charge is 0.219 e. The number of nitrogens with one attached hydrogen (secondary N) is 1. The molecule has 86 valence electrons. The van der Waals surface area contributed by atoms with Crippen LogP contribution < -0.4 is 11.3 Å². The predicted octanol–water partition coefficient (Wildman–Crippen LogP) is 0.0264. The van der Waals surface area contributed by atoms with Crippen LogP contribution in [0.15, 0.2) is 0 Å². The Hall–Kier alpha value is -0.760. The zero-order valence-electron chi connectivity index (χ0n) is 9.19. The lowest BCUT2D eigenvalue weighted by molar-refractivity contribution is 0.0424. The third kappa shape index (κ3) is 4.52. The Morgan fingerprint density at radius 1 is 1.53 bits per heavy atom. The maximum atomic E-state index is 9.61. The van der Waals surface area contributed by atoms with Gasteiger partial charge in [0, 0.05) is 6.54 Å². The number of hydrogen-bond donors (Lipinski definition) is 3. The van der Waals surface area contributed by atoms with Crippen molar-refractivity contribution in [2.45, 2.75) is 26.0 Å². The first-order chi connectivity index (χ1) is 6.90. The number of nitrogens with two attached hydrogens (primary N) is 1. The zero-order chi connectivity index (χ0) is 11.5. The third-order valence-corrected chi connectivity index (χ3v) is 2.49. The van der Waals surface area contributed by atoms with Gasteiger partial charge in [-0.25, -0.2) is 5.84 Å². The first kappa shape index (κ1) is 12.3. The van der Waals surface area contributed by atoms with E-state index in [9.17, 15) is 5.11 Å². The number of rotatable bonds is 5. The van der Waals surface area contributed by atoms with Crippen molar-refractivity contribution >= 4 is 16.5 Å². The molecule has 1 rings (SSSR count). The molecule has 0 aliphatic heterocycles. The molecule has 1 heterocycles. The molecule has 1 aromatic heterocycles. The van der Waals surface area contributed by atoms with Gasteiger partial charge in [-0.15, -0.1) is 10.2 Å². The quantitative estimate of drug-likeness (QED) is 0.489. The fourth-order valence-corrected chi connectivity index (χ4v) is 2.05. The van der Waals surface area contributed by atoms with Crippen molar-refractivity contribution in [3.63, 3.8) is 0 Å². The summed E-state index contributed by atoms with van der Waals surface area (Å²) in [7, 11) is 1.93. The standard InChI is InChI=1S/C8H17N5OS/c1-8(2,14)5-13(3)4-6-11-12-7(10-9)15-6/h14H,4-5,9H2,1-3H3,(H,10,12). The van der Waals surface area contributed by atoms with Crippen LogP contribution in [-0.4, -0.2) is 39.4 Å². The number of nitrogen functional groups attached to an aromatic ring is 1. The van der Waals surface area contributed by atoms with E-state index in [1.807, 2.05) is 11.9 Å².